The van der Waals surface area contributed by atoms with Crippen molar-refractivity contribution in [3.63, 3.8) is 0 Å². The fourth-order valence-electron chi connectivity index (χ4n) is 4.10. The van der Waals surface area contributed by atoms with Crippen LogP contribution < -0.4 is 10.2 Å². The molecule has 25 heavy (non-hydrogen) atoms. The molecule has 3 heterocycles. The summed E-state index contributed by atoms with van der Waals surface area (Å²) in [6, 6.07) is 5.28. The largest absolute Gasteiger partial charge is 0.371 e. The van der Waals surface area contributed by atoms with Crippen molar-refractivity contribution in [3.8, 4) is 0 Å². The van der Waals surface area contributed by atoms with Crippen molar-refractivity contribution in [1.82, 2.24) is 15.1 Å². The average molecular weight is 346 g/mol. The molecule has 2 amide bonds. The molecule has 3 saturated heterocycles. The molecular formula is C18H23FN4O2. The van der Waals surface area contributed by atoms with E-state index in [2.05, 4.69) is 15.1 Å². The number of hydrogen-bond acceptors (Lipinski definition) is 4. The van der Waals surface area contributed by atoms with Gasteiger partial charge in [-0.25, -0.2) is 4.39 Å². The molecule has 0 radical (unpaired) electrons. The van der Waals surface area contributed by atoms with Crippen LogP contribution in [0.25, 0.3) is 0 Å². The van der Waals surface area contributed by atoms with Gasteiger partial charge in [0.25, 0.3) is 0 Å². The molecule has 0 unspecified atom stereocenters. The molecule has 0 bridgehead atoms. The van der Waals surface area contributed by atoms with E-state index in [9.17, 15) is 14.0 Å². The van der Waals surface area contributed by atoms with Crippen LogP contribution >= 0.6 is 0 Å². The monoisotopic (exact) mass is 346 g/mol. The number of rotatable bonds is 3. The highest BCUT2D eigenvalue weighted by molar-refractivity contribution is 6.35. The van der Waals surface area contributed by atoms with E-state index in [4.69, 9.17) is 0 Å². The van der Waals surface area contributed by atoms with Crippen molar-refractivity contribution in [2.24, 2.45) is 0 Å². The molecule has 0 aromatic heterocycles. The lowest BCUT2D eigenvalue weighted by Crippen LogP contribution is -2.65. The second-order valence-electron chi connectivity index (χ2n) is 7.03. The molecule has 0 saturated carbocycles. The highest BCUT2D eigenvalue weighted by Crippen LogP contribution is 2.28. The minimum atomic E-state index is -0.518. The fraction of sp³-hybridized carbons (Fsp3) is 0.556. The lowest BCUT2D eigenvalue weighted by atomic mass is 10.1. The van der Waals surface area contributed by atoms with Crippen LogP contribution in [0.15, 0.2) is 18.2 Å². The van der Waals surface area contributed by atoms with E-state index in [0.29, 0.717) is 32.7 Å². The summed E-state index contributed by atoms with van der Waals surface area (Å²) in [5.74, 6) is -1.13. The van der Waals surface area contributed by atoms with E-state index in [1.165, 1.54) is 6.07 Å². The molecule has 3 aliphatic heterocycles. The van der Waals surface area contributed by atoms with E-state index in [1.54, 1.807) is 11.0 Å². The number of nitrogens with one attached hydrogen (secondary N) is 1. The molecule has 3 fully saturated rings. The van der Waals surface area contributed by atoms with Crippen LogP contribution in [0.2, 0.25) is 0 Å². The number of nitrogens with zero attached hydrogens (tertiary/aromatic N) is 3. The van der Waals surface area contributed by atoms with Gasteiger partial charge in [-0.05, 0) is 25.0 Å². The Hall–Kier alpha value is -2.15. The molecule has 0 spiro atoms. The third-order valence-corrected chi connectivity index (χ3v) is 5.44. The minimum absolute atomic E-state index is 0.0269. The molecule has 1 aromatic rings. The Labute approximate surface area is 146 Å². The van der Waals surface area contributed by atoms with Gasteiger partial charge in [-0.3, -0.25) is 14.5 Å². The molecule has 134 valence electrons. The number of carbonyl (C=O) groups excluding carboxylic acids is 2. The summed E-state index contributed by atoms with van der Waals surface area (Å²) < 4.78 is 14.5. The number of halogens is 1. The van der Waals surface area contributed by atoms with Gasteiger partial charge in [0, 0.05) is 57.1 Å². The zero-order valence-corrected chi connectivity index (χ0v) is 14.2. The third kappa shape index (κ3) is 3.08. The minimum Gasteiger partial charge on any atom is -0.371 e. The standard InChI is InChI=1S/C18H23FN4O2/c19-15-4-3-5-16(22-6-1-2-7-22)14(15)12-21-8-9-23-13(11-21)10-20-17(24)18(23)25/h3-5,13H,1-2,6-12H2,(H,20,24)/t13-/m1/s1. The summed E-state index contributed by atoms with van der Waals surface area (Å²) in [5, 5.41) is 2.64. The van der Waals surface area contributed by atoms with Crippen LogP contribution in [0.3, 0.4) is 0 Å². The number of piperazine rings is 2. The van der Waals surface area contributed by atoms with E-state index in [-0.39, 0.29) is 11.9 Å². The van der Waals surface area contributed by atoms with Gasteiger partial charge < -0.3 is 15.1 Å². The van der Waals surface area contributed by atoms with Crippen molar-refractivity contribution >= 4 is 17.5 Å². The second-order valence-corrected chi connectivity index (χ2v) is 7.03. The zero-order chi connectivity index (χ0) is 17.4. The predicted octanol–water partition coefficient (Wildman–Crippen LogP) is 0.568. The SMILES string of the molecule is O=C1NC[C@@H]2CN(Cc3c(F)cccc3N3CCCC3)CCN2C1=O. The van der Waals surface area contributed by atoms with Gasteiger partial charge in [-0.15, -0.1) is 0 Å². The van der Waals surface area contributed by atoms with Crippen LogP contribution in [0.4, 0.5) is 10.1 Å². The Balaban J connectivity index is 1.50. The van der Waals surface area contributed by atoms with Crippen LogP contribution in [0.1, 0.15) is 18.4 Å². The maximum Gasteiger partial charge on any atom is 0.312 e. The normalized spacial score (nSPS) is 24.4. The molecule has 6 nitrogen and oxygen atoms in total. The van der Waals surface area contributed by atoms with Gasteiger partial charge in [-0.2, -0.15) is 0 Å². The van der Waals surface area contributed by atoms with E-state index < -0.39 is 11.8 Å². The quantitative estimate of drug-likeness (QED) is 0.813. The Morgan fingerprint density at radius 3 is 2.72 bits per heavy atom. The van der Waals surface area contributed by atoms with Crippen LogP contribution in [-0.4, -0.2) is 66.9 Å². The summed E-state index contributed by atoms with van der Waals surface area (Å²) in [4.78, 5) is 29.5. The van der Waals surface area contributed by atoms with Crippen LogP contribution in [0.5, 0.6) is 0 Å². The zero-order valence-electron chi connectivity index (χ0n) is 14.2. The van der Waals surface area contributed by atoms with Crippen molar-refractivity contribution in [2.75, 3.05) is 44.2 Å². The maximum atomic E-state index is 14.5. The molecule has 3 aliphatic rings. The summed E-state index contributed by atoms with van der Waals surface area (Å²) in [5.41, 5.74) is 1.73. The van der Waals surface area contributed by atoms with Crippen LogP contribution in [0, 0.1) is 5.82 Å². The molecule has 0 aliphatic carbocycles. The van der Waals surface area contributed by atoms with Gasteiger partial charge in [0.15, 0.2) is 0 Å². The first kappa shape index (κ1) is 16.3. The third-order valence-electron chi connectivity index (χ3n) is 5.44. The smallest absolute Gasteiger partial charge is 0.312 e. The summed E-state index contributed by atoms with van der Waals surface area (Å²) >= 11 is 0. The average Bonchev–Trinajstić information content (AvgIpc) is 3.14. The van der Waals surface area contributed by atoms with Crippen LogP contribution in [-0.2, 0) is 16.1 Å². The van der Waals surface area contributed by atoms with Crippen molar-refractivity contribution in [2.45, 2.75) is 25.4 Å². The fourth-order valence-corrected chi connectivity index (χ4v) is 4.10. The first-order chi connectivity index (χ1) is 12.1. The van der Waals surface area contributed by atoms with Gasteiger partial charge >= 0.3 is 11.8 Å². The van der Waals surface area contributed by atoms with Crippen molar-refractivity contribution < 1.29 is 14.0 Å². The highest BCUT2D eigenvalue weighted by Gasteiger charge is 2.37. The van der Waals surface area contributed by atoms with Crippen molar-refractivity contribution in [3.05, 3.63) is 29.6 Å². The van der Waals surface area contributed by atoms with Crippen molar-refractivity contribution in [1.29, 1.82) is 0 Å². The van der Waals surface area contributed by atoms with Gasteiger partial charge in [0.1, 0.15) is 5.82 Å². The second kappa shape index (κ2) is 6.63. The maximum absolute atomic E-state index is 14.5. The van der Waals surface area contributed by atoms with Gasteiger partial charge in [0.05, 0.1) is 6.04 Å². The number of hydrogen-bond donors (Lipinski definition) is 1. The Morgan fingerprint density at radius 1 is 1.12 bits per heavy atom. The number of amides is 2. The molecule has 4 rings (SSSR count). The summed E-state index contributed by atoms with van der Waals surface area (Å²) in [6.07, 6.45) is 2.30. The van der Waals surface area contributed by atoms with Gasteiger partial charge in [-0.1, -0.05) is 6.07 Å². The molecule has 1 N–H and O–H groups in total. The molecule has 7 heteroatoms. The number of carbonyl (C=O) groups is 2. The summed E-state index contributed by atoms with van der Waals surface area (Å²) in [6.45, 7) is 4.79. The van der Waals surface area contributed by atoms with E-state index >= 15 is 0 Å². The summed E-state index contributed by atoms with van der Waals surface area (Å²) in [7, 11) is 0. The molecule has 1 atom stereocenters. The Morgan fingerprint density at radius 2 is 1.92 bits per heavy atom. The first-order valence-corrected chi connectivity index (χ1v) is 8.97. The Kier molecular flexibility index (Phi) is 4.33. The van der Waals surface area contributed by atoms with E-state index in [1.807, 2.05) is 6.07 Å². The molecule has 1 aromatic carbocycles. The highest BCUT2D eigenvalue weighted by atomic mass is 19.1. The predicted molar refractivity (Wildman–Crippen MR) is 91.6 cm³/mol. The number of fused-ring (bicyclic) bond motifs is 1. The van der Waals surface area contributed by atoms with Gasteiger partial charge in [0.2, 0.25) is 0 Å². The first-order valence-electron chi connectivity index (χ1n) is 8.97. The lowest BCUT2D eigenvalue weighted by molar-refractivity contribution is -0.152. The Bertz CT molecular complexity index is 690. The lowest BCUT2D eigenvalue weighted by Gasteiger charge is -2.43. The number of anilines is 1. The van der Waals surface area contributed by atoms with E-state index in [0.717, 1.165) is 37.2 Å². The number of benzene rings is 1. The topological polar surface area (TPSA) is 55.9 Å². The molecular weight excluding hydrogens is 323 g/mol.